The molecule has 1 N–H and O–H groups in total. The highest BCUT2D eigenvalue weighted by Gasteiger charge is 2.18. The zero-order chi connectivity index (χ0) is 14.2. The number of nitrogens with one attached hydrogen (secondary N) is 1. The highest BCUT2D eigenvalue weighted by molar-refractivity contribution is 7.18. The lowest BCUT2D eigenvalue weighted by Gasteiger charge is -2.11. The quantitative estimate of drug-likeness (QED) is 0.790. The third-order valence-corrected chi connectivity index (χ3v) is 5.25. The Morgan fingerprint density at radius 2 is 2.10 bits per heavy atom. The second-order valence-corrected chi connectivity index (χ2v) is 6.52. The van der Waals surface area contributed by atoms with Crippen molar-refractivity contribution >= 4 is 21.6 Å². The molecule has 1 aliphatic rings. The Bertz CT molecular complexity index is 848. The van der Waals surface area contributed by atoms with Crippen molar-refractivity contribution in [3.63, 3.8) is 0 Å². The molecule has 0 saturated heterocycles. The van der Waals surface area contributed by atoms with E-state index in [1.807, 2.05) is 22.8 Å². The van der Waals surface area contributed by atoms with Gasteiger partial charge in [-0.25, -0.2) is 4.98 Å². The van der Waals surface area contributed by atoms with E-state index in [0.717, 1.165) is 28.8 Å². The number of nitrogens with zero attached hydrogens (tertiary/aromatic N) is 3. The molecule has 4 nitrogen and oxygen atoms in total. The Kier molecular flexibility index (Phi) is 3.07. The summed E-state index contributed by atoms with van der Waals surface area (Å²) in [7, 11) is 0. The fraction of sp³-hybridized carbons (Fsp3) is 0.312. The average Bonchev–Trinajstić information content (AvgIpc) is 2.90. The predicted octanol–water partition coefficient (Wildman–Crippen LogP) is 2.90. The molecule has 0 radical (unpaired) electrons. The van der Waals surface area contributed by atoms with Crippen LogP contribution in [0.3, 0.4) is 0 Å². The Labute approximate surface area is 126 Å². The van der Waals surface area contributed by atoms with Gasteiger partial charge < -0.3 is 4.57 Å². The van der Waals surface area contributed by atoms with Crippen LogP contribution in [0.25, 0.3) is 10.2 Å². The fourth-order valence-electron chi connectivity index (χ4n) is 3.00. The van der Waals surface area contributed by atoms with E-state index in [0.29, 0.717) is 12.0 Å². The van der Waals surface area contributed by atoms with E-state index in [2.05, 4.69) is 9.97 Å². The van der Waals surface area contributed by atoms with Crippen LogP contribution in [0, 0.1) is 5.41 Å². The Balaban J connectivity index is 1.84. The highest BCUT2D eigenvalue weighted by Crippen LogP contribution is 2.33. The van der Waals surface area contributed by atoms with Gasteiger partial charge in [-0.05, 0) is 43.4 Å². The number of hydrogen-bond acceptors (Lipinski definition) is 4. The van der Waals surface area contributed by atoms with Crippen molar-refractivity contribution in [1.82, 2.24) is 14.5 Å². The van der Waals surface area contributed by atoms with Crippen LogP contribution in [-0.2, 0) is 19.4 Å². The van der Waals surface area contributed by atoms with Gasteiger partial charge in [0.15, 0.2) is 0 Å². The van der Waals surface area contributed by atoms with Gasteiger partial charge in [0.25, 0.3) is 0 Å². The largest absolute Gasteiger partial charge is 0.311 e. The van der Waals surface area contributed by atoms with E-state index in [4.69, 9.17) is 5.41 Å². The SMILES string of the molecule is N=c1c2c3c(sc2ncn1Cc1ccccn1)CCCC3. The number of pyridine rings is 1. The van der Waals surface area contributed by atoms with Gasteiger partial charge in [-0.1, -0.05) is 6.07 Å². The van der Waals surface area contributed by atoms with Crippen LogP contribution in [0.4, 0.5) is 0 Å². The molecular formula is C16H16N4S. The zero-order valence-corrected chi connectivity index (χ0v) is 12.5. The van der Waals surface area contributed by atoms with E-state index < -0.39 is 0 Å². The van der Waals surface area contributed by atoms with Gasteiger partial charge in [0, 0.05) is 11.1 Å². The third-order valence-electron chi connectivity index (χ3n) is 4.05. The summed E-state index contributed by atoms with van der Waals surface area (Å²) in [5.74, 6) is 0. The van der Waals surface area contributed by atoms with Crippen LogP contribution in [0.15, 0.2) is 30.7 Å². The van der Waals surface area contributed by atoms with Crippen LogP contribution in [-0.4, -0.2) is 14.5 Å². The van der Waals surface area contributed by atoms with E-state index >= 15 is 0 Å². The summed E-state index contributed by atoms with van der Waals surface area (Å²) in [5.41, 5.74) is 2.90. The molecule has 0 fully saturated rings. The number of hydrogen-bond donors (Lipinski definition) is 1. The minimum Gasteiger partial charge on any atom is -0.311 e. The number of aryl methyl sites for hydroxylation is 2. The van der Waals surface area contributed by atoms with Crippen molar-refractivity contribution in [3.8, 4) is 0 Å². The van der Waals surface area contributed by atoms with E-state index in [9.17, 15) is 0 Å². The average molecular weight is 296 g/mol. The maximum atomic E-state index is 8.55. The lowest BCUT2D eigenvalue weighted by atomic mass is 9.97. The number of fused-ring (bicyclic) bond motifs is 3. The Morgan fingerprint density at radius 1 is 1.19 bits per heavy atom. The first kappa shape index (κ1) is 12.7. The number of aromatic nitrogens is 3. The minimum atomic E-state index is 0.574. The molecule has 0 atom stereocenters. The maximum absolute atomic E-state index is 8.55. The van der Waals surface area contributed by atoms with Gasteiger partial charge in [0.05, 0.1) is 24.0 Å². The number of thiophene rings is 1. The molecule has 0 saturated carbocycles. The third kappa shape index (κ3) is 2.17. The summed E-state index contributed by atoms with van der Waals surface area (Å²) in [6.07, 6.45) is 8.31. The first-order chi connectivity index (χ1) is 10.3. The monoisotopic (exact) mass is 296 g/mol. The van der Waals surface area contributed by atoms with Gasteiger partial charge in [0.1, 0.15) is 10.3 Å². The summed E-state index contributed by atoms with van der Waals surface area (Å²) in [4.78, 5) is 11.4. The predicted molar refractivity (Wildman–Crippen MR) is 83.4 cm³/mol. The highest BCUT2D eigenvalue weighted by atomic mass is 32.1. The van der Waals surface area contributed by atoms with Crippen LogP contribution in [0.2, 0.25) is 0 Å². The van der Waals surface area contributed by atoms with E-state index in [-0.39, 0.29) is 0 Å². The molecule has 0 spiro atoms. The Hall–Kier alpha value is -2.01. The smallest absolute Gasteiger partial charge is 0.137 e. The normalized spacial score (nSPS) is 14.3. The second-order valence-electron chi connectivity index (χ2n) is 5.43. The summed E-state index contributed by atoms with van der Waals surface area (Å²) in [6.45, 7) is 0.604. The topological polar surface area (TPSA) is 54.6 Å². The summed E-state index contributed by atoms with van der Waals surface area (Å²) in [6, 6.07) is 5.87. The van der Waals surface area contributed by atoms with Gasteiger partial charge in [0.2, 0.25) is 0 Å². The number of rotatable bonds is 2. The van der Waals surface area contributed by atoms with Crippen molar-refractivity contribution in [2.75, 3.05) is 0 Å². The molecule has 3 heterocycles. The van der Waals surface area contributed by atoms with Gasteiger partial charge in [-0.3, -0.25) is 10.4 Å². The summed E-state index contributed by atoms with van der Waals surface area (Å²) in [5, 5.41) is 9.61. The molecule has 5 heteroatoms. The van der Waals surface area contributed by atoms with Crippen LogP contribution in [0.1, 0.15) is 29.0 Å². The molecule has 1 aliphatic carbocycles. The first-order valence-corrected chi connectivity index (χ1v) is 8.09. The van der Waals surface area contributed by atoms with Crippen LogP contribution < -0.4 is 5.49 Å². The molecular weight excluding hydrogens is 280 g/mol. The van der Waals surface area contributed by atoms with Crippen molar-refractivity contribution in [1.29, 1.82) is 5.41 Å². The van der Waals surface area contributed by atoms with Crippen molar-refractivity contribution in [2.45, 2.75) is 32.2 Å². The summed E-state index contributed by atoms with van der Waals surface area (Å²) < 4.78 is 1.90. The Morgan fingerprint density at radius 3 is 2.95 bits per heavy atom. The van der Waals surface area contributed by atoms with Crippen molar-refractivity contribution in [3.05, 3.63) is 52.3 Å². The molecule has 0 unspecified atom stereocenters. The standard InChI is InChI=1S/C16H16N4S/c17-15-14-12-6-1-2-7-13(12)21-16(14)19-10-20(15)9-11-5-3-4-8-18-11/h3-5,8,10,17H,1-2,6-7,9H2. The van der Waals surface area contributed by atoms with Crippen LogP contribution in [0.5, 0.6) is 0 Å². The fourth-order valence-corrected chi connectivity index (χ4v) is 4.23. The summed E-state index contributed by atoms with van der Waals surface area (Å²) >= 11 is 1.77. The first-order valence-electron chi connectivity index (χ1n) is 7.27. The molecule has 0 aromatic carbocycles. The molecule has 106 valence electrons. The van der Waals surface area contributed by atoms with E-state index in [1.54, 1.807) is 23.9 Å². The molecule has 0 bridgehead atoms. The molecule has 4 rings (SSSR count). The van der Waals surface area contributed by atoms with Crippen LogP contribution >= 0.6 is 11.3 Å². The minimum absolute atomic E-state index is 0.574. The molecule has 3 aromatic rings. The van der Waals surface area contributed by atoms with Gasteiger partial charge in [-0.15, -0.1) is 11.3 Å². The van der Waals surface area contributed by atoms with Gasteiger partial charge in [-0.2, -0.15) is 0 Å². The molecule has 21 heavy (non-hydrogen) atoms. The lowest BCUT2D eigenvalue weighted by molar-refractivity contribution is 0.690. The second kappa shape index (κ2) is 5.07. The van der Waals surface area contributed by atoms with Gasteiger partial charge >= 0.3 is 0 Å². The maximum Gasteiger partial charge on any atom is 0.137 e. The molecule has 3 aromatic heterocycles. The van der Waals surface area contributed by atoms with E-state index in [1.165, 1.54) is 23.3 Å². The molecule has 0 amide bonds. The van der Waals surface area contributed by atoms with Crippen molar-refractivity contribution in [2.24, 2.45) is 0 Å². The zero-order valence-electron chi connectivity index (χ0n) is 11.7. The lowest BCUT2D eigenvalue weighted by Crippen LogP contribution is -2.22. The molecule has 0 aliphatic heterocycles. The van der Waals surface area contributed by atoms with Crippen molar-refractivity contribution < 1.29 is 0 Å².